The second kappa shape index (κ2) is 7.18. The lowest BCUT2D eigenvalue weighted by molar-refractivity contribution is 0.0889. The Kier molecular flexibility index (Phi) is 4.72. The molecule has 0 atom stereocenters. The topological polar surface area (TPSA) is 90.0 Å². The number of anilines is 1. The van der Waals surface area contributed by atoms with Gasteiger partial charge in [-0.3, -0.25) is 9.59 Å². The van der Waals surface area contributed by atoms with Crippen molar-refractivity contribution in [3.8, 4) is 5.69 Å². The fourth-order valence-electron chi connectivity index (χ4n) is 3.80. The summed E-state index contributed by atoms with van der Waals surface area (Å²) in [6.07, 6.45) is 8.92. The van der Waals surface area contributed by atoms with Gasteiger partial charge in [-0.05, 0) is 50.3 Å². The molecule has 3 N–H and O–H groups in total. The zero-order valence-corrected chi connectivity index (χ0v) is 15.7. The van der Waals surface area contributed by atoms with Gasteiger partial charge in [-0.25, -0.2) is 4.68 Å². The van der Waals surface area contributed by atoms with Crippen LogP contribution in [0.15, 0.2) is 24.4 Å². The molecule has 2 aliphatic rings. The molecule has 0 unspecified atom stereocenters. The van der Waals surface area contributed by atoms with Gasteiger partial charge in [-0.2, -0.15) is 5.10 Å². The minimum Gasteiger partial charge on any atom is -0.383 e. The largest absolute Gasteiger partial charge is 0.383 e. The van der Waals surface area contributed by atoms with E-state index in [1.807, 2.05) is 19.1 Å². The van der Waals surface area contributed by atoms with Gasteiger partial charge in [0.15, 0.2) is 5.78 Å². The average molecular weight is 366 g/mol. The van der Waals surface area contributed by atoms with E-state index in [1.54, 1.807) is 16.9 Å². The maximum atomic E-state index is 12.9. The first kappa shape index (κ1) is 17.8. The Balaban J connectivity index is 1.62. The van der Waals surface area contributed by atoms with Crippen molar-refractivity contribution in [1.82, 2.24) is 15.1 Å². The number of hydrogen-bond donors (Lipinski definition) is 2. The molecule has 0 radical (unpaired) electrons. The van der Waals surface area contributed by atoms with Crippen molar-refractivity contribution >= 4 is 17.5 Å². The van der Waals surface area contributed by atoms with Crippen LogP contribution in [0.4, 0.5) is 5.82 Å². The number of nitrogens with two attached hydrogens (primary N) is 1. The van der Waals surface area contributed by atoms with Crippen LogP contribution in [0.2, 0.25) is 0 Å². The van der Waals surface area contributed by atoms with Gasteiger partial charge in [0, 0.05) is 17.5 Å². The number of nitrogens with one attached hydrogen (secondary N) is 1. The van der Waals surface area contributed by atoms with Gasteiger partial charge in [0.25, 0.3) is 5.91 Å². The molecule has 1 heterocycles. The maximum Gasteiger partial charge on any atom is 0.251 e. The van der Waals surface area contributed by atoms with Crippen LogP contribution in [0.1, 0.15) is 71.2 Å². The van der Waals surface area contributed by atoms with Crippen molar-refractivity contribution < 1.29 is 9.59 Å². The van der Waals surface area contributed by atoms with Crippen LogP contribution in [0.25, 0.3) is 5.69 Å². The van der Waals surface area contributed by atoms with Gasteiger partial charge in [0.2, 0.25) is 0 Å². The molecule has 0 saturated heterocycles. The predicted octanol–water partition coefficient (Wildman–Crippen LogP) is 3.42. The number of benzene rings is 1. The molecule has 6 heteroatoms. The summed E-state index contributed by atoms with van der Waals surface area (Å²) in [7, 11) is 0. The third kappa shape index (κ3) is 3.61. The normalized spacial score (nSPS) is 17.7. The molecule has 0 bridgehead atoms. The van der Waals surface area contributed by atoms with E-state index in [0.29, 0.717) is 23.0 Å². The summed E-state index contributed by atoms with van der Waals surface area (Å²) in [5.41, 5.74) is 9.07. The Morgan fingerprint density at radius 2 is 1.89 bits per heavy atom. The van der Waals surface area contributed by atoms with E-state index in [2.05, 4.69) is 10.4 Å². The average Bonchev–Trinajstić information content (AvgIpc) is 3.42. The van der Waals surface area contributed by atoms with E-state index in [-0.39, 0.29) is 17.6 Å². The molecule has 2 saturated carbocycles. The molecule has 0 spiro atoms. The van der Waals surface area contributed by atoms with Crippen LogP contribution in [0.5, 0.6) is 0 Å². The summed E-state index contributed by atoms with van der Waals surface area (Å²) in [6.45, 7) is 1.95. The van der Waals surface area contributed by atoms with Crippen LogP contribution in [0, 0.1) is 12.8 Å². The minimum atomic E-state index is -0.0806. The lowest BCUT2D eigenvalue weighted by Gasteiger charge is -2.19. The van der Waals surface area contributed by atoms with Gasteiger partial charge in [0.1, 0.15) is 5.82 Å². The number of ketones is 1. The lowest BCUT2D eigenvalue weighted by Crippen LogP contribution is -2.25. The Hall–Kier alpha value is -2.63. The zero-order chi connectivity index (χ0) is 19.0. The van der Waals surface area contributed by atoms with Gasteiger partial charge in [0.05, 0.1) is 17.4 Å². The zero-order valence-electron chi connectivity index (χ0n) is 15.7. The number of rotatable bonds is 5. The SMILES string of the molecule is Cc1ccc(C(=O)NC2CC2)cc1-n1ncc(C(=O)C2CCCCC2)c1N. The van der Waals surface area contributed by atoms with Crippen molar-refractivity contribution in [2.45, 2.75) is 57.9 Å². The van der Waals surface area contributed by atoms with Crippen molar-refractivity contribution in [3.63, 3.8) is 0 Å². The van der Waals surface area contributed by atoms with Crippen LogP contribution >= 0.6 is 0 Å². The first-order valence-corrected chi connectivity index (χ1v) is 9.84. The standard InChI is InChI=1S/C21H26N4O2/c1-13-7-8-15(21(27)24-16-9-10-16)11-18(13)25-20(22)17(12-23-25)19(26)14-5-3-2-4-6-14/h7-8,11-12,14,16H,2-6,9-10,22H2,1H3,(H,24,27). The number of nitrogen functional groups attached to an aromatic ring is 1. The number of Topliss-reactive ketones (excluding diaryl/α,β-unsaturated/α-hetero) is 1. The highest BCUT2D eigenvalue weighted by molar-refractivity contribution is 6.02. The number of carbonyl (C=O) groups excluding carboxylic acids is 2. The number of aromatic nitrogens is 2. The number of hydrogen-bond acceptors (Lipinski definition) is 4. The maximum absolute atomic E-state index is 12.9. The Labute approximate surface area is 159 Å². The van der Waals surface area contributed by atoms with Gasteiger partial charge >= 0.3 is 0 Å². The van der Waals surface area contributed by atoms with Crippen LogP contribution in [0.3, 0.4) is 0 Å². The fourth-order valence-corrected chi connectivity index (χ4v) is 3.80. The second-order valence-electron chi connectivity index (χ2n) is 7.80. The van der Waals surface area contributed by atoms with E-state index in [0.717, 1.165) is 49.8 Å². The highest BCUT2D eigenvalue weighted by atomic mass is 16.1. The van der Waals surface area contributed by atoms with Crippen molar-refractivity contribution in [2.24, 2.45) is 5.92 Å². The Morgan fingerprint density at radius 1 is 1.15 bits per heavy atom. The third-order valence-corrected chi connectivity index (χ3v) is 5.66. The molecule has 2 aliphatic carbocycles. The van der Waals surface area contributed by atoms with Gasteiger partial charge in [-0.1, -0.05) is 25.3 Å². The van der Waals surface area contributed by atoms with Gasteiger partial charge in [-0.15, -0.1) is 0 Å². The van der Waals surface area contributed by atoms with Crippen molar-refractivity contribution in [1.29, 1.82) is 0 Å². The summed E-state index contributed by atoms with van der Waals surface area (Å²) in [5, 5.41) is 7.37. The van der Waals surface area contributed by atoms with E-state index in [1.165, 1.54) is 6.42 Å². The number of amides is 1. The number of aryl methyl sites for hydroxylation is 1. The molecule has 6 nitrogen and oxygen atoms in total. The van der Waals surface area contributed by atoms with Crippen LogP contribution in [-0.2, 0) is 0 Å². The first-order chi connectivity index (χ1) is 13.0. The quantitative estimate of drug-likeness (QED) is 0.794. The highest BCUT2D eigenvalue weighted by Gasteiger charge is 2.27. The first-order valence-electron chi connectivity index (χ1n) is 9.84. The highest BCUT2D eigenvalue weighted by Crippen LogP contribution is 2.30. The van der Waals surface area contributed by atoms with E-state index >= 15 is 0 Å². The van der Waals surface area contributed by atoms with E-state index < -0.39 is 0 Å². The summed E-state index contributed by atoms with van der Waals surface area (Å²) < 4.78 is 1.58. The van der Waals surface area contributed by atoms with E-state index in [9.17, 15) is 9.59 Å². The molecule has 0 aliphatic heterocycles. The molecule has 4 rings (SSSR count). The van der Waals surface area contributed by atoms with E-state index in [4.69, 9.17) is 5.73 Å². The third-order valence-electron chi connectivity index (χ3n) is 5.66. The summed E-state index contributed by atoms with van der Waals surface area (Å²) in [6, 6.07) is 5.80. The molecular weight excluding hydrogens is 340 g/mol. The molecule has 1 aromatic carbocycles. The Bertz CT molecular complexity index is 876. The minimum absolute atomic E-state index is 0.0513. The van der Waals surface area contributed by atoms with Crippen molar-refractivity contribution in [3.05, 3.63) is 41.1 Å². The fraction of sp³-hybridized carbons (Fsp3) is 0.476. The molecular formula is C21H26N4O2. The summed E-state index contributed by atoms with van der Waals surface area (Å²) >= 11 is 0. The molecule has 1 amide bonds. The predicted molar refractivity (Wildman–Crippen MR) is 104 cm³/mol. The van der Waals surface area contributed by atoms with Crippen LogP contribution in [-0.4, -0.2) is 27.5 Å². The molecule has 2 aromatic rings. The number of carbonyl (C=O) groups is 2. The monoisotopic (exact) mass is 366 g/mol. The second-order valence-corrected chi connectivity index (χ2v) is 7.80. The molecule has 2 fully saturated rings. The van der Waals surface area contributed by atoms with Gasteiger partial charge < -0.3 is 11.1 Å². The summed E-state index contributed by atoms with van der Waals surface area (Å²) in [4.78, 5) is 25.2. The Morgan fingerprint density at radius 3 is 2.59 bits per heavy atom. The molecule has 142 valence electrons. The molecule has 27 heavy (non-hydrogen) atoms. The molecule has 1 aromatic heterocycles. The number of nitrogens with zero attached hydrogens (tertiary/aromatic N) is 2. The summed E-state index contributed by atoms with van der Waals surface area (Å²) in [5.74, 6) is 0.422. The van der Waals surface area contributed by atoms with Crippen molar-refractivity contribution in [2.75, 3.05) is 5.73 Å². The van der Waals surface area contributed by atoms with Crippen LogP contribution < -0.4 is 11.1 Å². The smallest absolute Gasteiger partial charge is 0.251 e. The lowest BCUT2D eigenvalue weighted by atomic mass is 9.84.